The van der Waals surface area contributed by atoms with Crippen LogP contribution in [0.15, 0.2) is 77.3 Å². The van der Waals surface area contributed by atoms with Crippen LogP contribution in [-0.4, -0.2) is 28.8 Å². The van der Waals surface area contributed by atoms with E-state index in [1.807, 2.05) is 80.6 Å². The predicted octanol–water partition coefficient (Wildman–Crippen LogP) is 5.77. The second-order valence-corrected chi connectivity index (χ2v) is 10.0. The Balaban J connectivity index is 1.97. The molecule has 5 heteroatoms. The van der Waals surface area contributed by atoms with Gasteiger partial charge in [-0.3, -0.25) is 9.59 Å². The van der Waals surface area contributed by atoms with Crippen LogP contribution in [0, 0.1) is 13.8 Å². The summed E-state index contributed by atoms with van der Waals surface area (Å²) in [6.45, 7) is 8.35. The Morgan fingerprint density at radius 2 is 1.50 bits per heavy atom. The van der Waals surface area contributed by atoms with E-state index < -0.39 is 6.04 Å². The van der Waals surface area contributed by atoms with Crippen molar-refractivity contribution in [1.82, 2.24) is 10.2 Å². The number of carbonyl (C=O) groups is 2. The van der Waals surface area contributed by atoms with Crippen LogP contribution in [0.5, 0.6) is 0 Å². The highest BCUT2D eigenvalue weighted by atomic mass is 79.9. The highest BCUT2D eigenvalue weighted by molar-refractivity contribution is 9.10. The first-order chi connectivity index (χ1) is 16.2. The monoisotopic (exact) mass is 520 g/mol. The van der Waals surface area contributed by atoms with Crippen LogP contribution in [0.2, 0.25) is 0 Å². The van der Waals surface area contributed by atoms with E-state index in [1.165, 1.54) is 5.56 Å². The van der Waals surface area contributed by atoms with Crippen LogP contribution in [0.25, 0.3) is 0 Å². The van der Waals surface area contributed by atoms with E-state index in [1.54, 1.807) is 4.90 Å². The number of nitrogens with zero attached hydrogens (tertiary/aromatic N) is 1. The molecule has 2 amide bonds. The summed E-state index contributed by atoms with van der Waals surface area (Å²) in [5.74, 6) is -0.199. The number of benzene rings is 3. The van der Waals surface area contributed by atoms with Gasteiger partial charge in [-0.25, -0.2) is 0 Å². The average Bonchev–Trinajstić information content (AvgIpc) is 2.80. The lowest BCUT2D eigenvalue weighted by molar-refractivity contribution is -0.141. The molecule has 0 heterocycles. The van der Waals surface area contributed by atoms with E-state index >= 15 is 0 Å². The zero-order valence-corrected chi connectivity index (χ0v) is 21.9. The zero-order valence-electron chi connectivity index (χ0n) is 20.3. The maximum Gasteiger partial charge on any atom is 0.243 e. The third-order valence-corrected chi connectivity index (χ3v) is 6.42. The fourth-order valence-electron chi connectivity index (χ4n) is 3.91. The van der Waals surface area contributed by atoms with Crippen LogP contribution in [0.4, 0.5) is 0 Å². The van der Waals surface area contributed by atoms with Gasteiger partial charge in [0.1, 0.15) is 6.04 Å². The van der Waals surface area contributed by atoms with Gasteiger partial charge in [-0.2, -0.15) is 0 Å². The number of hydrogen-bond donors (Lipinski definition) is 1. The van der Waals surface area contributed by atoms with Crippen molar-refractivity contribution in [3.05, 3.63) is 105 Å². The molecule has 0 bridgehead atoms. The Hall–Kier alpha value is -2.92. The Morgan fingerprint density at radius 3 is 2.12 bits per heavy atom. The van der Waals surface area contributed by atoms with Gasteiger partial charge in [0.25, 0.3) is 0 Å². The molecule has 3 aromatic rings. The fourth-order valence-corrected chi connectivity index (χ4v) is 4.18. The van der Waals surface area contributed by atoms with Crippen molar-refractivity contribution in [2.24, 2.45) is 0 Å². The number of aryl methyl sites for hydroxylation is 2. The van der Waals surface area contributed by atoms with Crippen molar-refractivity contribution < 1.29 is 9.59 Å². The van der Waals surface area contributed by atoms with Crippen LogP contribution in [-0.2, 0) is 29.0 Å². The molecule has 3 aromatic carbocycles. The minimum Gasteiger partial charge on any atom is -0.352 e. The summed E-state index contributed by atoms with van der Waals surface area (Å²) in [7, 11) is 0. The largest absolute Gasteiger partial charge is 0.352 e. The van der Waals surface area contributed by atoms with Gasteiger partial charge >= 0.3 is 0 Å². The number of carbonyl (C=O) groups excluding carboxylic acids is 2. The Bertz CT molecular complexity index is 1110. The summed E-state index contributed by atoms with van der Waals surface area (Å²) in [6, 6.07) is 23.2. The summed E-state index contributed by atoms with van der Waals surface area (Å²) in [5.41, 5.74) is 5.30. The van der Waals surface area contributed by atoms with E-state index in [0.29, 0.717) is 13.0 Å². The number of nitrogens with one attached hydrogen (secondary N) is 1. The van der Waals surface area contributed by atoms with Gasteiger partial charge in [0.15, 0.2) is 0 Å². The molecule has 0 radical (unpaired) electrons. The maximum absolute atomic E-state index is 13.7. The molecule has 0 aromatic heterocycles. The molecule has 0 fully saturated rings. The second-order valence-electron chi connectivity index (χ2n) is 9.11. The molecular formula is C29H33BrN2O2. The van der Waals surface area contributed by atoms with Crippen molar-refractivity contribution in [1.29, 1.82) is 0 Å². The van der Waals surface area contributed by atoms with E-state index in [9.17, 15) is 9.59 Å². The molecule has 3 rings (SSSR count). The van der Waals surface area contributed by atoms with Crippen LogP contribution in [0.1, 0.15) is 41.7 Å². The smallest absolute Gasteiger partial charge is 0.243 e. The Morgan fingerprint density at radius 1 is 0.853 bits per heavy atom. The Kier molecular flexibility index (Phi) is 9.05. The first-order valence-corrected chi connectivity index (χ1v) is 12.5. The van der Waals surface area contributed by atoms with Crippen molar-refractivity contribution in [3.63, 3.8) is 0 Å². The highest BCUT2D eigenvalue weighted by Crippen LogP contribution is 2.19. The summed E-state index contributed by atoms with van der Waals surface area (Å²) in [5, 5.41) is 3.03. The first-order valence-electron chi connectivity index (χ1n) is 11.7. The topological polar surface area (TPSA) is 49.4 Å². The van der Waals surface area contributed by atoms with Crippen molar-refractivity contribution in [3.8, 4) is 0 Å². The summed E-state index contributed by atoms with van der Waals surface area (Å²) < 4.78 is 0.975. The van der Waals surface area contributed by atoms with E-state index in [0.717, 1.165) is 26.7 Å². The SMILES string of the molecule is Cc1ccc(CC(=O)N(Cc2ccc(Br)cc2)[C@@H](Cc2ccccc2)C(=O)NC(C)C)cc1C. The molecular weight excluding hydrogens is 488 g/mol. The Labute approximate surface area is 211 Å². The fraction of sp³-hybridized carbons (Fsp3) is 0.310. The van der Waals surface area contributed by atoms with Crippen LogP contribution < -0.4 is 5.32 Å². The minimum atomic E-state index is -0.618. The number of amides is 2. The third-order valence-electron chi connectivity index (χ3n) is 5.89. The molecule has 0 aliphatic heterocycles. The van der Waals surface area contributed by atoms with E-state index in [4.69, 9.17) is 0 Å². The summed E-state index contributed by atoms with van der Waals surface area (Å²) in [6.07, 6.45) is 0.701. The molecule has 0 aliphatic rings. The highest BCUT2D eigenvalue weighted by Gasteiger charge is 2.30. The van der Waals surface area contributed by atoms with E-state index in [-0.39, 0.29) is 24.3 Å². The molecule has 0 saturated carbocycles. The lowest BCUT2D eigenvalue weighted by atomic mass is 10.00. The normalized spacial score (nSPS) is 11.8. The van der Waals surface area contributed by atoms with Gasteiger partial charge in [0.05, 0.1) is 6.42 Å². The summed E-state index contributed by atoms with van der Waals surface area (Å²) >= 11 is 3.48. The molecule has 0 saturated heterocycles. The van der Waals surface area contributed by atoms with Gasteiger partial charge in [0.2, 0.25) is 11.8 Å². The quantitative estimate of drug-likeness (QED) is 0.389. The molecule has 178 valence electrons. The van der Waals surface area contributed by atoms with Gasteiger partial charge < -0.3 is 10.2 Å². The molecule has 0 aliphatic carbocycles. The van der Waals surface area contributed by atoms with Crippen molar-refractivity contribution in [2.75, 3.05) is 0 Å². The van der Waals surface area contributed by atoms with Crippen LogP contribution in [0.3, 0.4) is 0 Å². The molecule has 1 N–H and O–H groups in total. The standard InChI is InChI=1S/C29H33BrN2O2/c1-20(2)31-29(34)27(17-23-8-6-5-7-9-23)32(19-24-12-14-26(30)15-13-24)28(33)18-25-11-10-21(3)22(4)16-25/h5-16,20,27H,17-19H2,1-4H3,(H,31,34)/t27-/m0/s1. The minimum absolute atomic E-state index is 0.0184. The van der Waals surface area contributed by atoms with Gasteiger partial charge in [-0.15, -0.1) is 0 Å². The van der Waals surface area contributed by atoms with Gasteiger partial charge in [-0.05, 0) is 67.6 Å². The lowest BCUT2D eigenvalue weighted by Crippen LogP contribution is -2.52. The second kappa shape index (κ2) is 12.0. The van der Waals surface area contributed by atoms with Crippen LogP contribution >= 0.6 is 15.9 Å². The average molecular weight is 521 g/mol. The number of halogens is 1. The lowest BCUT2D eigenvalue weighted by Gasteiger charge is -2.32. The van der Waals surface area contributed by atoms with Crippen molar-refractivity contribution >= 4 is 27.7 Å². The maximum atomic E-state index is 13.7. The van der Waals surface area contributed by atoms with Crippen molar-refractivity contribution in [2.45, 2.75) is 59.2 Å². The first kappa shape index (κ1) is 25.7. The molecule has 1 atom stereocenters. The molecule has 0 spiro atoms. The zero-order chi connectivity index (χ0) is 24.7. The third kappa shape index (κ3) is 7.29. The number of hydrogen-bond acceptors (Lipinski definition) is 2. The molecule has 34 heavy (non-hydrogen) atoms. The molecule has 4 nitrogen and oxygen atoms in total. The van der Waals surface area contributed by atoms with Gasteiger partial charge in [0, 0.05) is 23.5 Å². The number of rotatable bonds is 9. The molecule has 0 unspecified atom stereocenters. The summed E-state index contributed by atoms with van der Waals surface area (Å²) in [4.78, 5) is 28.9. The predicted molar refractivity (Wildman–Crippen MR) is 142 cm³/mol. The van der Waals surface area contributed by atoms with Gasteiger partial charge in [-0.1, -0.05) is 76.6 Å². The van der Waals surface area contributed by atoms with E-state index in [2.05, 4.69) is 41.2 Å².